The Morgan fingerprint density at radius 1 is 0.818 bits per heavy atom. The molecule has 0 bridgehead atoms. The molecule has 0 saturated carbocycles. The third-order valence-corrected chi connectivity index (χ3v) is 3.04. The summed E-state index contributed by atoms with van der Waals surface area (Å²) in [6, 6.07) is 7.67. The number of unbranched alkanes of at least 4 members (excludes halogenated alkanes) is 6. The van der Waals surface area contributed by atoms with Crippen LogP contribution >= 0.6 is 0 Å². The Hall–Kier alpha value is 0.472. The van der Waals surface area contributed by atoms with E-state index >= 15 is 0 Å². The van der Waals surface area contributed by atoms with Gasteiger partial charge in [0.05, 0.1) is 0 Å². The molecule has 0 unspecified atom stereocenters. The molecule has 0 heterocycles. The predicted molar refractivity (Wildman–Crippen MR) is 95.9 cm³/mol. The molecular weight excluding hydrogens is 301 g/mol. The second kappa shape index (κ2) is 26.4. The zero-order chi connectivity index (χ0) is 15.6. The van der Waals surface area contributed by atoms with Gasteiger partial charge in [0.2, 0.25) is 0 Å². The summed E-state index contributed by atoms with van der Waals surface area (Å²) in [6.07, 6.45) is 10.3. The van der Waals surface area contributed by atoms with E-state index in [0.717, 1.165) is 26.2 Å². The molecule has 0 aliphatic carbocycles. The molecule has 3 nitrogen and oxygen atoms in total. The summed E-state index contributed by atoms with van der Waals surface area (Å²) in [4.78, 5) is 0. The number of aryl methyl sites for hydroxylation is 1. The van der Waals surface area contributed by atoms with Crippen molar-refractivity contribution < 1.29 is 15.3 Å². The molecule has 0 radical (unpaired) electrons. The van der Waals surface area contributed by atoms with Gasteiger partial charge in [-0.25, -0.2) is 0 Å². The maximum Gasteiger partial charge on any atom is 2.00 e. The van der Waals surface area contributed by atoms with Gasteiger partial charge in [0.1, 0.15) is 5.75 Å². The first-order valence-electron chi connectivity index (χ1n) is 7.43. The summed E-state index contributed by atoms with van der Waals surface area (Å²) >= 11 is 0. The molecule has 0 fully saturated rings. The third kappa shape index (κ3) is 18.5. The number of aromatic hydroxyl groups is 1. The number of para-hydroxylation sites is 1. The number of hydrogen-bond acceptors (Lipinski definition) is 3. The minimum Gasteiger partial charge on any atom is -0.857 e. The van der Waals surface area contributed by atoms with Gasteiger partial charge in [-0.15, -0.1) is 0 Å². The van der Waals surface area contributed by atoms with E-state index in [0.29, 0.717) is 5.75 Å². The number of rotatable bonds is 8. The summed E-state index contributed by atoms with van der Waals surface area (Å²) in [6.45, 7) is 2.25. The molecule has 1 N–H and O–H groups in total. The zero-order valence-corrected chi connectivity index (χ0v) is 15.4. The fourth-order valence-corrected chi connectivity index (χ4v) is 1.99. The van der Waals surface area contributed by atoms with E-state index in [1.54, 1.807) is 6.07 Å². The minimum atomic E-state index is 0. The van der Waals surface area contributed by atoms with Gasteiger partial charge in [0.25, 0.3) is 0 Å². The average molecular weight is 333 g/mol. The quantitative estimate of drug-likeness (QED) is 0.577. The molecule has 122 valence electrons. The first-order valence-corrected chi connectivity index (χ1v) is 7.43. The number of hydrogen-bond donors (Lipinski definition) is 1. The molecule has 0 aliphatic rings. The molecule has 0 spiro atoms. The Balaban J connectivity index is -0.000000249. The van der Waals surface area contributed by atoms with Crippen LogP contribution in [-0.4, -0.2) is 65.4 Å². The molecule has 1 aromatic rings. The van der Waals surface area contributed by atoms with E-state index in [2.05, 4.69) is 6.92 Å². The van der Waals surface area contributed by atoms with Crippen molar-refractivity contribution in [3.05, 3.63) is 29.8 Å². The van der Waals surface area contributed by atoms with Crippen LogP contribution in [0.4, 0.5) is 0 Å². The standard InChI is InChI=1S/C15H24O.2CH3O.2Mg.2H/c1-2-3-4-5-6-7-8-11-14-12-9-10-13-15(14)16;2*1-2;;;;/h9-10,12-13,16H,2-8,11H2,1H3;2*1H3;;;;/q;2*-1;;+2;;. The van der Waals surface area contributed by atoms with E-state index < -0.39 is 0 Å². The fraction of sp³-hybridized carbons (Fsp3) is 0.647. The van der Waals surface area contributed by atoms with Crippen molar-refractivity contribution in [3.63, 3.8) is 0 Å². The third-order valence-electron chi connectivity index (χ3n) is 3.04. The van der Waals surface area contributed by atoms with E-state index in [1.807, 2.05) is 18.2 Å². The van der Waals surface area contributed by atoms with Crippen LogP contribution in [0.5, 0.6) is 5.75 Å². The van der Waals surface area contributed by atoms with E-state index in [1.165, 1.54) is 44.9 Å². The van der Waals surface area contributed by atoms with Crippen LogP contribution in [-0.2, 0) is 6.42 Å². The van der Waals surface area contributed by atoms with Crippen LogP contribution in [0.3, 0.4) is 0 Å². The normalized spacial score (nSPS) is 8.23. The van der Waals surface area contributed by atoms with E-state index in [9.17, 15) is 5.11 Å². The molecular formula is C17H32Mg2O3. The summed E-state index contributed by atoms with van der Waals surface area (Å²) in [5, 5.41) is 26.1. The van der Waals surface area contributed by atoms with Crippen LogP contribution in [0.15, 0.2) is 24.3 Å². The molecule has 0 amide bonds. The summed E-state index contributed by atoms with van der Waals surface area (Å²) in [7, 11) is 1.50. The van der Waals surface area contributed by atoms with Crippen molar-refractivity contribution in [2.75, 3.05) is 14.2 Å². The van der Waals surface area contributed by atoms with Gasteiger partial charge < -0.3 is 15.3 Å². The Morgan fingerprint density at radius 2 is 1.27 bits per heavy atom. The van der Waals surface area contributed by atoms with Gasteiger partial charge in [-0.1, -0.05) is 63.6 Å². The molecule has 0 aliphatic heterocycles. The maximum atomic E-state index is 9.58. The fourth-order valence-electron chi connectivity index (χ4n) is 1.99. The van der Waals surface area contributed by atoms with Crippen LogP contribution < -0.4 is 10.2 Å². The molecule has 0 aromatic heterocycles. The largest absolute Gasteiger partial charge is 2.00 e. The van der Waals surface area contributed by atoms with Gasteiger partial charge in [0, 0.05) is 0 Å². The zero-order valence-electron chi connectivity index (χ0n) is 13.9. The molecule has 5 heteroatoms. The molecule has 0 saturated heterocycles. The van der Waals surface area contributed by atoms with Crippen molar-refractivity contribution in [3.8, 4) is 5.75 Å². The minimum absolute atomic E-state index is 0. The Morgan fingerprint density at radius 3 is 1.77 bits per heavy atom. The van der Waals surface area contributed by atoms with Crippen LogP contribution in [0, 0.1) is 0 Å². The van der Waals surface area contributed by atoms with Crippen LogP contribution in [0.25, 0.3) is 0 Å². The van der Waals surface area contributed by atoms with Crippen molar-refractivity contribution in [2.24, 2.45) is 0 Å². The molecule has 0 atom stereocenters. The van der Waals surface area contributed by atoms with Crippen LogP contribution in [0.1, 0.15) is 57.4 Å². The monoisotopic (exact) mass is 332 g/mol. The molecule has 22 heavy (non-hydrogen) atoms. The second-order valence-corrected chi connectivity index (χ2v) is 4.50. The van der Waals surface area contributed by atoms with Crippen molar-refractivity contribution in [2.45, 2.75) is 58.3 Å². The Bertz CT molecular complexity index is 297. The van der Waals surface area contributed by atoms with Crippen molar-refractivity contribution in [1.82, 2.24) is 0 Å². The molecule has 1 aromatic carbocycles. The van der Waals surface area contributed by atoms with Gasteiger partial charge in [0.15, 0.2) is 0 Å². The Kier molecular flexibility index (Phi) is 36.4. The first-order chi connectivity index (χ1) is 9.84. The topological polar surface area (TPSA) is 66.3 Å². The predicted octanol–water partition coefficient (Wildman–Crippen LogP) is 1.34. The maximum absolute atomic E-state index is 9.58. The molecule has 1 rings (SSSR count). The van der Waals surface area contributed by atoms with Gasteiger partial charge in [-0.2, -0.15) is 14.2 Å². The van der Waals surface area contributed by atoms with E-state index in [-0.39, 0.29) is 46.1 Å². The van der Waals surface area contributed by atoms with E-state index in [4.69, 9.17) is 10.2 Å². The number of phenolic OH excluding ortho intramolecular Hbond substituents is 1. The number of phenols is 1. The second-order valence-electron chi connectivity index (χ2n) is 4.50. The van der Waals surface area contributed by atoms with Gasteiger partial charge in [-0.05, 0) is 24.5 Å². The summed E-state index contributed by atoms with van der Waals surface area (Å²) < 4.78 is 0. The first kappa shape index (κ1) is 30.4. The average Bonchev–Trinajstić information content (AvgIpc) is 2.52. The Labute approximate surface area is 168 Å². The van der Waals surface area contributed by atoms with Gasteiger partial charge in [-0.3, -0.25) is 0 Å². The van der Waals surface area contributed by atoms with Crippen molar-refractivity contribution in [1.29, 1.82) is 0 Å². The summed E-state index contributed by atoms with van der Waals surface area (Å²) in [5.74, 6) is 0.452. The SMILES string of the molecule is CCCCCCCCCc1ccccc1O.C[O-].C[O-].[Mg+2].[MgH2]. The smallest absolute Gasteiger partial charge is 0.857 e. The van der Waals surface area contributed by atoms with Crippen LogP contribution in [0.2, 0.25) is 0 Å². The van der Waals surface area contributed by atoms with Gasteiger partial charge >= 0.3 is 46.1 Å². The van der Waals surface area contributed by atoms with Crippen molar-refractivity contribution >= 4 is 46.1 Å². The summed E-state index contributed by atoms with van der Waals surface area (Å²) in [5.41, 5.74) is 1.09. The number of benzene rings is 1.